The molecule has 0 aromatic heterocycles. The third kappa shape index (κ3) is 10.4. The van der Waals surface area contributed by atoms with Crippen LogP contribution in [0.4, 0.5) is 4.79 Å². The molecular formula is C12H18N2O4. The molecule has 100 valence electrons. The second-order valence-corrected chi connectivity index (χ2v) is 3.60. The molecule has 0 unspecified atom stereocenters. The summed E-state index contributed by atoms with van der Waals surface area (Å²) in [6.07, 6.45) is -0.109. The van der Waals surface area contributed by atoms with Gasteiger partial charge in [0, 0.05) is 13.0 Å². The SMILES string of the molecule is CC(=O)O.NC(=O)OC[C@H](N)Cc1ccccc1. The Morgan fingerprint density at radius 2 is 1.83 bits per heavy atom. The molecule has 0 aliphatic heterocycles. The number of primary amides is 1. The highest BCUT2D eigenvalue weighted by Crippen LogP contribution is 2.01. The minimum atomic E-state index is -0.833. The number of hydrogen-bond donors (Lipinski definition) is 3. The number of rotatable bonds is 4. The molecule has 6 heteroatoms. The zero-order valence-electron chi connectivity index (χ0n) is 10.2. The fraction of sp³-hybridized carbons (Fsp3) is 0.333. The van der Waals surface area contributed by atoms with Crippen molar-refractivity contribution in [3.05, 3.63) is 35.9 Å². The second kappa shape index (κ2) is 9.00. The van der Waals surface area contributed by atoms with Crippen molar-refractivity contribution in [1.29, 1.82) is 0 Å². The monoisotopic (exact) mass is 254 g/mol. The first-order chi connectivity index (χ1) is 8.41. The van der Waals surface area contributed by atoms with E-state index in [1.54, 1.807) is 0 Å². The largest absolute Gasteiger partial charge is 0.481 e. The second-order valence-electron chi connectivity index (χ2n) is 3.60. The lowest BCUT2D eigenvalue weighted by molar-refractivity contribution is -0.134. The van der Waals surface area contributed by atoms with E-state index in [-0.39, 0.29) is 12.6 Å². The van der Waals surface area contributed by atoms with Gasteiger partial charge in [-0.2, -0.15) is 0 Å². The molecule has 1 atom stereocenters. The molecule has 0 radical (unpaired) electrons. The molecule has 6 nitrogen and oxygen atoms in total. The highest BCUT2D eigenvalue weighted by molar-refractivity contribution is 5.64. The summed E-state index contributed by atoms with van der Waals surface area (Å²) in [6, 6.07) is 9.57. The van der Waals surface area contributed by atoms with E-state index < -0.39 is 12.1 Å². The van der Waals surface area contributed by atoms with Gasteiger partial charge in [-0.3, -0.25) is 4.79 Å². The van der Waals surface area contributed by atoms with E-state index >= 15 is 0 Å². The summed E-state index contributed by atoms with van der Waals surface area (Å²) >= 11 is 0. The Kier molecular flexibility index (Phi) is 7.96. The van der Waals surface area contributed by atoms with Crippen LogP contribution in [0.1, 0.15) is 12.5 Å². The summed E-state index contributed by atoms with van der Waals surface area (Å²) in [7, 11) is 0. The molecule has 1 aromatic carbocycles. The molecular weight excluding hydrogens is 236 g/mol. The number of carbonyl (C=O) groups is 2. The fourth-order valence-electron chi connectivity index (χ4n) is 1.16. The third-order valence-corrected chi connectivity index (χ3v) is 1.78. The van der Waals surface area contributed by atoms with Gasteiger partial charge >= 0.3 is 6.09 Å². The lowest BCUT2D eigenvalue weighted by Gasteiger charge is -2.10. The number of carboxylic acids is 1. The summed E-state index contributed by atoms with van der Waals surface area (Å²) in [5.41, 5.74) is 11.7. The zero-order valence-corrected chi connectivity index (χ0v) is 10.2. The quantitative estimate of drug-likeness (QED) is 0.733. The number of benzene rings is 1. The Hall–Kier alpha value is -2.08. The van der Waals surface area contributed by atoms with Crippen LogP contribution in [0.15, 0.2) is 30.3 Å². The molecule has 0 aliphatic rings. The fourth-order valence-corrected chi connectivity index (χ4v) is 1.16. The number of carboxylic acid groups (broad SMARTS) is 1. The summed E-state index contributed by atoms with van der Waals surface area (Å²) in [6.45, 7) is 1.24. The minimum Gasteiger partial charge on any atom is -0.481 e. The number of aliphatic carboxylic acids is 1. The molecule has 0 saturated carbocycles. The molecule has 1 rings (SSSR count). The minimum absolute atomic E-state index is 0.157. The van der Waals surface area contributed by atoms with E-state index in [4.69, 9.17) is 21.4 Å². The van der Waals surface area contributed by atoms with E-state index in [2.05, 4.69) is 4.74 Å². The van der Waals surface area contributed by atoms with Crippen molar-refractivity contribution in [3.63, 3.8) is 0 Å². The van der Waals surface area contributed by atoms with E-state index in [1.165, 1.54) is 0 Å². The van der Waals surface area contributed by atoms with Crippen LogP contribution in [-0.4, -0.2) is 29.8 Å². The Morgan fingerprint density at radius 3 is 2.28 bits per heavy atom. The molecule has 0 spiro atoms. The standard InChI is InChI=1S/C10H14N2O2.C2H4O2/c11-9(7-14-10(12)13)6-8-4-2-1-3-5-8;1-2(3)4/h1-5,9H,6-7,11H2,(H2,12,13);1H3,(H,3,4)/t9-;/m1./s1. The topological polar surface area (TPSA) is 116 Å². The highest BCUT2D eigenvalue weighted by atomic mass is 16.5. The third-order valence-electron chi connectivity index (χ3n) is 1.78. The normalized spacial score (nSPS) is 10.8. The van der Waals surface area contributed by atoms with Crippen molar-refractivity contribution < 1.29 is 19.4 Å². The van der Waals surface area contributed by atoms with Gasteiger partial charge in [0.1, 0.15) is 6.61 Å². The number of carbonyl (C=O) groups excluding carboxylic acids is 1. The van der Waals surface area contributed by atoms with Crippen LogP contribution in [0.25, 0.3) is 0 Å². The maximum Gasteiger partial charge on any atom is 0.404 e. The molecule has 5 N–H and O–H groups in total. The van der Waals surface area contributed by atoms with Crippen molar-refractivity contribution >= 4 is 12.1 Å². The van der Waals surface area contributed by atoms with Crippen LogP contribution < -0.4 is 11.5 Å². The van der Waals surface area contributed by atoms with Gasteiger partial charge in [0.15, 0.2) is 0 Å². The van der Waals surface area contributed by atoms with E-state index in [0.29, 0.717) is 6.42 Å². The summed E-state index contributed by atoms with van der Waals surface area (Å²) in [4.78, 5) is 19.3. The average Bonchev–Trinajstić information content (AvgIpc) is 2.27. The first-order valence-electron chi connectivity index (χ1n) is 5.33. The average molecular weight is 254 g/mol. The Morgan fingerprint density at radius 1 is 1.33 bits per heavy atom. The van der Waals surface area contributed by atoms with Crippen molar-refractivity contribution in [2.24, 2.45) is 11.5 Å². The van der Waals surface area contributed by atoms with Crippen LogP contribution in [0.2, 0.25) is 0 Å². The van der Waals surface area contributed by atoms with Crippen molar-refractivity contribution in [3.8, 4) is 0 Å². The molecule has 18 heavy (non-hydrogen) atoms. The first kappa shape index (κ1) is 15.9. The number of nitrogens with two attached hydrogens (primary N) is 2. The van der Waals surface area contributed by atoms with Crippen molar-refractivity contribution in [1.82, 2.24) is 0 Å². The molecule has 0 heterocycles. The first-order valence-corrected chi connectivity index (χ1v) is 5.33. The van der Waals surface area contributed by atoms with Gasteiger partial charge in [-0.05, 0) is 12.0 Å². The predicted octanol–water partition coefficient (Wildman–Crippen LogP) is 0.743. The smallest absolute Gasteiger partial charge is 0.404 e. The molecule has 0 fully saturated rings. The molecule has 0 saturated heterocycles. The van der Waals surface area contributed by atoms with Gasteiger partial charge in [-0.1, -0.05) is 30.3 Å². The maximum atomic E-state index is 10.3. The Balaban J connectivity index is 0.000000631. The summed E-state index contributed by atoms with van der Waals surface area (Å²) in [5.74, 6) is -0.833. The van der Waals surface area contributed by atoms with Gasteiger partial charge in [0.2, 0.25) is 0 Å². The van der Waals surface area contributed by atoms with Crippen molar-refractivity contribution in [2.75, 3.05) is 6.61 Å². The van der Waals surface area contributed by atoms with Gasteiger partial charge in [0.25, 0.3) is 5.97 Å². The van der Waals surface area contributed by atoms with Crippen molar-refractivity contribution in [2.45, 2.75) is 19.4 Å². The summed E-state index contributed by atoms with van der Waals surface area (Å²) < 4.78 is 4.59. The van der Waals surface area contributed by atoms with Gasteiger partial charge in [-0.25, -0.2) is 4.79 Å². The lowest BCUT2D eigenvalue weighted by Crippen LogP contribution is -2.31. The van der Waals surface area contributed by atoms with E-state index in [9.17, 15) is 4.79 Å². The van der Waals surface area contributed by atoms with Crippen LogP contribution >= 0.6 is 0 Å². The van der Waals surface area contributed by atoms with Gasteiger partial charge in [-0.15, -0.1) is 0 Å². The zero-order chi connectivity index (χ0) is 14.0. The number of hydrogen-bond acceptors (Lipinski definition) is 4. The van der Waals surface area contributed by atoms with Gasteiger partial charge in [0.05, 0.1) is 0 Å². The van der Waals surface area contributed by atoms with Crippen LogP contribution in [0.5, 0.6) is 0 Å². The molecule has 1 aromatic rings. The maximum absolute atomic E-state index is 10.3. The summed E-state index contributed by atoms with van der Waals surface area (Å²) in [5, 5.41) is 7.42. The Bertz CT molecular complexity index is 364. The number of ether oxygens (including phenoxy) is 1. The van der Waals surface area contributed by atoms with Crippen LogP contribution in [0, 0.1) is 0 Å². The van der Waals surface area contributed by atoms with Crippen LogP contribution in [-0.2, 0) is 16.0 Å². The van der Waals surface area contributed by atoms with Crippen LogP contribution in [0.3, 0.4) is 0 Å². The molecule has 1 amide bonds. The number of amides is 1. The van der Waals surface area contributed by atoms with Gasteiger partial charge < -0.3 is 21.3 Å². The highest BCUT2D eigenvalue weighted by Gasteiger charge is 2.05. The predicted molar refractivity (Wildman–Crippen MR) is 67.0 cm³/mol. The lowest BCUT2D eigenvalue weighted by atomic mass is 10.1. The van der Waals surface area contributed by atoms with E-state index in [0.717, 1.165) is 12.5 Å². The molecule has 0 bridgehead atoms. The Labute approximate surface area is 106 Å². The molecule has 0 aliphatic carbocycles. The van der Waals surface area contributed by atoms with E-state index in [1.807, 2.05) is 30.3 Å².